The number of hydrogen-bond donors (Lipinski definition) is 2. The van der Waals surface area contributed by atoms with Crippen LogP contribution in [-0.4, -0.2) is 22.2 Å². The molecule has 0 rings (SSSR count). The number of rotatable bonds is 7. The van der Waals surface area contributed by atoms with Crippen LogP contribution in [0.15, 0.2) is 24.3 Å². The first-order valence-corrected chi connectivity index (χ1v) is 4.41. The van der Waals surface area contributed by atoms with Crippen molar-refractivity contribution in [3.05, 3.63) is 24.3 Å². The second-order valence-corrected chi connectivity index (χ2v) is 2.77. The number of carboxylic acids is 2. The van der Waals surface area contributed by atoms with Crippen molar-refractivity contribution >= 4 is 11.9 Å². The predicted octanol–water partition coefficient (Wildman–Crippen LogP) is 1.83. The van der Waals surface area contributed by atoms with Crippen LogP contribution in [0.5, 0.6) is 0 Å². The van der Waals surface area contributed by atoms with Crippen molar-refractivity contribution in [3.8, 4) is 0 Å². The van der Waals surface area contributed by atoms with Gasteiger partial charge in [-0.05, 0) is 19.3 Å². The molecule has 14 heavy (non-hydrogen) atoms. The quantitative estimate of drug-likeness (QED) is 0.372. The molecule has 0 aromatic heterocycles. The Labute approximate surface area is 82.6 Å². The third-order valence-corrected chi connectivity index (χ3v) is 1.50. The van der Waals surface area contributed by atoms with E-state index >= 15 is 0 Å². The Bertz CT molecular complexity index is 241. The Morgan fingerprint density at radius 1 is 1.07 bits per heavy atom. The molecule has 0 aromatic rings. The maximum atomic E-state index is 10.1. The lowest BCUT2D eigenvalue weighted by molar-refractivity contribution is -0.137. The summed E-state index contributed by atoms with van der Waals surface area (Å²) in [5.74, 6) is -1.75. The number of aliphatic carboxylic acids is 2. The minimum atomic E-state index is -0.972. The SMILES string of the molecule is O=C(O)C=CC=CCCCCC(=O)O. The summed E-state index contributed by atoms with van der Waals surface area (Å²) in [5, 5.41) is 16.6. The molecule has 0 saturated carbocycles. The molecule has 78 valence electrons. The van der Waals surface area contributed by atoms with Crippen LogP contribution in [-0.2, 0) is 9.59 Å². The lowest BCUT2D eigenvalue weighted by Crippen LogP contribution is -1.92. The second-order valence-electron chi connectivity index (χ2n) is 2.77. The van der Waals surface area contributed by atoms with E-state index in [0.29, 0.717) is 6.42 Å². The van der Waals surface area contributed by atoms with E-state index in [1.807, 2.05) is 6.08 Å². The van der Waals surface area contributed by atoms with Gasteiger partial charge in [0.05, 0.1) is 0 Å². The molecule has 0 bridgehead atoms. The van der Waals surface area contributed by atoms with Gasteiger partial charge in [0.15, 0.2) is 0 Å². The molecule has 0 atom stereocenters. The zero-order chi connectivity index (χ0) is 10.8. The molecule has 0 aliphatic rings. The molecule has 0 saturated heterocycles. The Morgan fingerprint density at radius 3 is 2.36 bits per heavy atom. The van der Waals surface area contributed by atoms with Crippen molar-refractivity contribution in [2.75, 3.05) is 0 Å². The van der Waals surface area contributed by atoms with E-state index in [4.69, 9.17) is 10.2 Å². The number of unbranched alkanes of at least 4 members (excludes halogenated alkanes) is 2. The van der Waals surface area contributed by atoms with E-state index in [0.717, 1.165) is 18.9 Å². The molecule has 0 heterocycles. The lowest BCUT2D eigenvalue weighted by atomic mass is 10.2. The van der Waals surface area contributed by atoms with Crippen molar-refractivity contribution in [3.63, 3.8) is 0 Å². The Kier molecular flexibility index (Phi) is 7.13. The number of allylic oxidation sites excluding steroid dienone is 3. The predicted molar refractivity (Wildman–Crippen MR) is 52.0 cm³/mol. The highest BCUT2D eigenvalue weighted by Gasteiger charge is 1.93. The number of hydrogen-bond acceptors (Lipinski definition) is 2. The van der Waals surface area contributed by atoms with E-state index in [1.54, 1.807) is 6.08 Å². The van der Waals surface area contributed by atoms with E-state index in [9.17, 15) is 9.59 Å². The van der Waals surface area contributed by atoms with Gasteiger partial charge in [-0.25, -0.2) is 4.79 Å². The van der Waals surface area contributed by atoms with Crippen LogP contribution in [0, 0.1) is 0 Å². The first kappa shape index (κ1) is 12.4. The summed E-state index contributed by atoms with van der Waals surface area (Å²) in [7, 11) is 0. The average molecular weight is 198 g/mol. The van der Waals surface area contributed by atoms with E-state index in [2.05, 4.69) is 0 Å². The van der Waals surface area contributed by atoms with Crippen molar-refractivity contribution in [1.82, 2.24) is 0 Å². The lowest BCUT2D eigenvalue weighted by Gasteiger charge is -1.91. The molecule has 0 amide bonds. The maximum Gasteiger partial charge on any atom is 0.328 e. The molecule has 2 N–H and O–H groups in total. The highest BCUT2D eigenvalue weighted by Crippen LogP contribution is 2.00. The fourth-order valence-electron chi connectivity index (χ4n) is 0.851. The Morgan fingerprint density at radius 2 is 1.79 bits per heavy atom. The van der Waals surface area contributed by atoms with Gasteiger partial charge < -0.3 is 10.2 Å². The monoisotopic (exact) mass is 198 g/mol. The van der Waals surface area contributed by atoms with Crippen LogP contribution in [0.1, 0.15) is 25.7 Å². The van der Waals surface area contributed by atoms with Crippen molar-refractivity contribution in [1.29, 1.82) is 0 Å². The van der Waals surface area contributed by atoms with Crippen LogP contribution in [0.2, 0.25) is 0 Å². The van der Waals surface area contributed by atoms with Gasteiger partial charge in [-0.15, -0.1) is 0 Å². The van der Waals surface area contributed by atoms with Gasteiger partial charge >= 0.3 is 11.9 Å². The highest BCUT2D eigenvalue weighted by atomic mass is 16.4. The van der Waals surface area contributed by atoms with Crippen LogP contribution >= 0.6 is 0 Å². The normalized spacial score (nSPS) is 11.1. The summed E-state index contributed by atoms with van der Waals surface area (Å²) >= 11 is 0. The molecule has 4 nitrogen and oxygen atoms in total. The standard InChI is InChI=1S/C10H14O4/c11-9(12)7-5-3-1-2-4-6-8-10(13)14/h1,3,5,7H,2,4,6,8H2,(H,11,12)(H,13,14). The highest BCUT2D eigenvalue weighted by molar-refractivity contribution is 5.80. The molecule has 4 heteroatoms. The molecular weight excluding hydrogens is 184 g/mol. The fraction of sp³-hybridized carbons (Fsp3) is 0.400. The first-order valence-electron chi connectivity index (χ1n) is 4.41. The fourth-order valence-corrected chi connectivity index (χ4v) is 0.851. The van der Waals surface area contributed by atoms with Crippen molar-refractivity contribution in [2.45, 2.75) is 25.7 Å². The van der Waals surface area contributed by atoms with E-state index in [-0.39, 0.29) is 6.42 Å². The largest absolute Gasteiger partial charge is 0.481 e. The molecule has 0 fully saturated rings. The average Bonchev–Trinajstić information content (AvgIpc) is 2.08. The number of carboxylic acid groups (broad SMARTS) is 2. The van der Waals surface area contributed by atoms with Crippen LogP contribution in [0.3, 0.4) is 0 Å². The van der Waals surface area contributed by atoms with Gasteiger partial charge in [-0.2, -0.15) is 0 Å². The van der Waals surface area contributed by atoms with Gasteiger partial charge in [0.25, 0.3) is 0 Å². The van der Waals surface area contributed by atoms with E-state index < -0.39 is 11.9 Å². The van der Waals surface area contributed by atoms with Gasteiger partial charge in [-0.3, -0.25) is 4.79 Å². The molecular formula is C10H14O4. The Balaban J connectivity index is 3.36. The summed E-state index contributed by atoms with van der Waals surface area (Å²) in [6.45, 7) is 0. The number of carbonyl (C=O) groups is 2. The van der Waals surface area contributed by atoms with Gasteiger partial charge in [0, 0.05) is 12.5 Å². The minimum Gasteiger partial charge on any atom is -0.481 e. The Hall–Kier alpha value is -1.58. The summed E-state index contributed by atoms with van der Waals surface area (Å²) in [6, 6.07) is 0. The topological polar surface area (TPSA) is 74.6 Å². The summed E-state index contributed by atoms with van der Waals surface area (Å²) in [5.41, 5.74) is 0. The zero-order valence-corrected chi connectivity index (χ0v) is 7.85. The van der Waals surface area contributed by atoms with Crippen molar-refractivity contribution < 1.29 is 19.8 Å². The third kappa shape index (κ3) is 10.4. The molecule has 0 aliphatic carbocycles. The first-order chi connectivity index (χ1) is 6.63. The molecule has 0 aliphatic heterocycles. The summed E-state index contributed by atoms with van der Waals surface area (Å²) < 4.78 is 0. The van der Waals surface area contributed by atoms with Gasteiger partial charge in [0.2, 0.25) is 0 Å². The second kappa shape index (κ2) is 8.04. The molecule has 0 spiro atoms. The van der Waals surface area contributed by atoms with E-state index in [1.165, 1.54) is 6.08 Å². The zero-order valence-electron chi connectivity index (χ0n) is 7.85. The summed E-state index contributed by atoms with van der Waals surface area (Å²) in [4.78, 5) is 20.1. The van der Waals surface area contributed by atoms with Gasteiger partial charge in [0.1, 0.15) is 0 Å². The van der Waals surface area contributed by atoms with Crippen LogP contribution < -0.4 is 0 Å². The molecule has 0 aromatic carbocycles. The maximum absolute atomic E-state index is 10.1. The molecule has 0 radical (unpaired) electrons. The van der Waals surface area contributed by atoms with Crippen LogP contribution in [0.4, 0.5) is 0 Å². The smallest absolute Gasteiger partial charge is 0.328 e. The van der Waals surface area contributed by atoms with Gasteiger partial charge in [-0.1, -0.05) is 18.2 Å². The van der Waals surface area contributed by atoms with Crippen molar-refractivity contribution in [2.24, 2.45) is 0 Å². The third-order valence-electron chi connectivity index (χ3n) is 1.50. The summed E-state index contributed by atoms with van der Waals surface area (Å²) in [6.07, 6.45) is 8.39. The minimum absolute atomic E-state index is 0.193. The molecule has 0 unspecified atom stereocenters. The van der Waals surface area contributed by atoms with Crippen LogP contribution in [0.25, 0.3) is 0 Å².